The fourth-order valence-corrected chi connectivity index (χ4v) is 1.83. The van der Waals surface area contributed by atoms with Crippen LogP contribution in [0.25, 0.3) is 22.6 Å². The topological polar surface area (TPSA) is 64.9 Å². The third-order valence-corrected chi connectivity index (χ3v) is 3.15. The molecule has 0 bridgehead atoms. The van der Waals surface area contributed by atoms with E-state index in [1.807, 2.05) is 18.2 Å². The summed E-state index contributed by atoms with van der Waals surface area (Å²) in [4.78, 5) is 8.35. The molecule has 1 aromatic carbocycles. The number of nitrogens with zero attached hydrogens (tertiary/aromatic N) is 2. The van der Waals surface area contributed by atoms with Crippen LogP contribution in [-0.2, 0) is 0 Å². The van der Waals surface area contributed by atoms with Gasteiger partial charge in [-0.3, -0.25) is 4.98 Å². The van der Waals surface area contributed by atoms with E-state index in [1.54, 1.807) is 18.5 Å². The van der Waals surface area contributed by atoms with Crippen molar-refractivity contribution in [1.82, 2.24) is 9.97 Å². The smallest absolute Gasteiger partial charge is 0.227 e. The van der Waals surface area contributed by atoms with Gasteiger partial charge >= 0.3 is 0 Å². The average molecular weight is 290 g/mol. The molecule has 2 N–H and O–H groups in total. The zero-order valence-corrected chi connectivity index (χ0v) is 10.3. The normalized spacial score (nSPS) is 10.9. The monoisotopic (exact) mass is 289 g/mol. The zero-order chi connectivity index (χ0) is 11.8. The first-order chi connectivity index (χ1) is 8.24. The summed E-state index contributed by atoms with van der Waals surface area (Å²) in [6, 6.07) is 7.38. The number of nitrogen functional groups attached to an aromatic ring is 1. The van der Waals surface area contributed by atoms with Crippen LogP contribution >= 0.6 is 15.9 Å². The summed E-state index contributed by atoms with van der Waals surface area (Å²) in [7, 11) is 0. The highest BCUT2D eigenvalue weighted by molar-refractivity contribution is 9.10. The molecule has 0 aliphatic carbocycles. The molecule has 2 aromatic heterocycles. The van der Waals surface area contributed by atoms with Gasteiger partial charge in [-0.1, -0.05) is 0 Å². The molecule has 0 aliphatic heterocycles. The van der Waals surface area contributed by atoms with E-state index in [9.17, 15) is 0 Å². The molecule has 0 radical (unpaired) electrons. The highest BCUT2D eigenvalue weighted by Crippen LogP contribution is 2.28. The Morgan fingerprint density at radius 2 is 2.12 bits per heavy atom. The molecule has 0 amide bonds. The molecule has 0 saturated heterocycles. The van der Waals surface area contributed by atoms with Gasteiger partial charge in [0.15, 0.2) is 5.58 Å². The van der Waals surface area contributed by atoms with Gasteiger partial charge in [0.1, 0.15) is 5.52 Å². The first kappa shape index (κ1) is 10.3. The van der Waals surface area contributed by atoms with Crippen molar-refractivity contribution in [2.24, 2.45) is 0 Å². The molecule has 0 unspecified atom stereocenters. The molecule has 84 valence electrons. The van der Waals surface area contributed by atoms with Crippen molar-refractivity contribution in [2.75, 3.05) is 5.73 Å². The molecule has 2 heterocycles. The number of benzene rings is 1. The Labute approximate surface area is 106 Å². The van der Waals surface area contributed by atoms with Crippen LogP contribution in [0.4, 0.5) is 5.69 Å². The third-order valence-electron chi connectivity index (χ3n) is 2.43. The van der Waals surface area contributed by atoms with E-state index in [0.29, 0.717) is 11.6 Å². The Bertz CT molecular complexity index is 660. The van der Waals surface area contributed by atoms with Gasteiger partial charge in [0.25, 0.3) is 0 Å². The van der Waals surface area contributed by atoms with Crippen LogP contribution in [0.3, 0.4) is 0 Å². The van der Waals surface area contributed by atoms with Gasteiger partial charge in [0.2, 0.25) is 5.89 Å². The van der Waals surface area contributed by atoms with Crippen molar-refractivity contribution in [2.45, 2.75) is 0 Å². The predicted molar refractivity (Wildman–Crippen MR) is 69.4 cm³/mol. The number of rotatable bonds is 1. The summed E-state index contributed by atoms with van der Waals surface area (Å²) < 4.78 is 6.49. The molecular weight excluding hydrogens is 282 g/mol. The van der Waals surface area contributed by atoms with E-state index >= 15 is 0 Å². The van der Waals surface area contributed by atoms with Crippen LogP contribution in [-0.4, -0.2) is 9.97 Å². The van der Waals surface area contributed by atoms with Gasteiger partial charge < -0.3 is 10.2 Å². The summed E-state index contributed by atoms with van der Waals surface area (Å²) in [5, 5.41) is 0. The van der Waals surface area contributed by atoms with E-state index in [2.05, 4.69) is 25.9 Å². The first-order valence-electron chi connectivity index (χ1n) is 5.00. The summed E-state index contributed by atoms with van der Waals surface area (Å²) in [5.41, 5.74) is 8.79. The van der Waals surface area contributed by atoms with Crippen molar-refractivity contribution in [3.8, 4) is 11.5 Å². The molecule has 0 saturated carbocycles. The molecule has 0 fully saturated rings. The maximum absolute atomic E-state index is 5.82. The number of aromatic nitrogens is 2. The lowest BCUT2D eigenvalue weighted by Crippen LogP contribution is -1.87. The summed E-state index contributed by atoms with van der Waals surface area (Å²) >= 11 is 3.35. The van der Waals surface area contributed by atoms with Crippen LogP contribution < -0.4 is 5.73 Å². The Hall–Kier alpha value is -1.88. The lowest BCUT2D eigenvalue weighted by Gasteiger charge is -1.99. The Balaban J connectivity index is 2.17. The van der Waals surface area contributed by atoms with Crippen molar-refractivity contribution in [1.29, 1.82) is 0 Å². The molecular formula is C12H8BrN3O. The molecule has 17 heavy (non-hydrogen) atoms. The van der Waals surface area contributed by atoms with Gasteiger partial charge in [-0.2, -0.15) is 0 Å². The SMILES string of the molecule is Nc1cc(-c2nc3cnccc3o2)ccc1Br. The number of hydrogen-bond donors (Lipinski definition) is 1. The van der Waals surface area contributed by atoms with E-state index < -0.39 is 0 Å². The zero-order valence-electron chi connectivity index (χ0n) is 8.72. The quantitative estimate of drug-likeness (QED) is 0.699. The summed E-state index contributed by atoms with van der Waals surface area (Å²) in [6.45, 7) is 0. The van der Waals surface area contributed by atoms with Crippen LogP contribution in [0, 0.1) is 0 Å². The highest BCUT2D eigenvalue weighted by Gasteiger charge is 2.08. The minimum absolute atomic E-state index is 0.548. The second-order valence-electron chi connectivity index (χ2n) is 3.60. The van der Waals surface area contributed by atoms with E-state index in [0.717, 1.165) is 21.1 Å². The Morgan fingerprint density at radius 1 is 1.24 bits per heavy atom. The minimum Gasteiger partial charge on any atom is -0.436 e. The lowest BCUT2D eigenvalue weighted by molar-refractivity contribution is 0.619. The third kappa shape index (κ3) is 1.78. The molecule has 3 rings (SSSR count). The number of pyridine rings is 1. The maximum Gasteiger partial charge on any atom is 0.227 e. The summed E-state index contributed by atoms with van der Waals surface area (Å²) in [5.74, 6) is 0.548. The van der Waals surface area contributed by atoms with Gasteiger partial charge in [-0.15, -0.1) is 0 Å². The fourth-order valence-electron chi connectivity index (χ4n) is 1.58. The molecule has 3 aromatic rings. The van der Waals surface area contributed by atoms with E-state index in [-0.39, 0.29) is 0 Å². The summed E-state index contributed by atoms with van der Waals surface area (Å²) in [6.07, 6.45) is 3.35. The Kier molecular flexibility index (Phi) is 2.33. The number of hydrogen-bond acceptors (Lipinski definition) is 4. The highest BCUT2D eigenvalue weighted by atomic mass is 79.9. The van der Waals surface area contributed by atoms with Gasteiger partial charge in [-0.05, 0) is 34.1 Å². The molecule has 4 nitrogen and oxygen atoms in total. The number of halogens is 1. The second-order valence-corrected chi connectivity index (χ2v) is 4.45. The van der Waals surface area contributed by atoms with Crippen LogP contribution in [0.5, 0.6) is 0 Å². The van der Waals surface area contributed by atoms with Gasteiger partial charge in [0.05, 0.1) is 6.20 Å². The standard InChI is InChI=1S/C12H8BrN3O/c13-8-2-1-7(5-9(8)14)12-16-10-6-15-4-3-11(10)17-12/h1-6H,14H2. The van der Waals surface area contributed by atoms with Crippen LogP contribution in [0.1, 0.15) is 0 Å². The van der Waals surface area contributed by atoms with Gasteiger partial charge in [0, 0.05) is 28.0 Å². The average Bonchev–Trinajstić information content (AvgIpc) is 2.76. The predicted octanol–water partition coefficient (Wildman–Crippen LogP) is 3.23. The number of oxazole rings is 1. The molecule has 0 aliphatic rings. The second kappa shape index (κ2) is 3.85. The van der Waals surface area contributed by atoms with Crippen molar-refractivity contribution < 1.29 is 4.42 Å². The minimum atomic E-state index is 0.548. The molecule has 0 spiro atoms. The number of anilines is 1. The van der Waals surface area contributed by atoms with E-state index in [4.69, 9.17) is 10.2 Å². The lowest BCUT2D eigenvalue weighted by atomic mass is 10.2. The maximum atomic E-state index is 5.82. The largest absolute Gasteiger partial charge is 0.436 e. The van der Waals surface area contributed by atoms with Crippen LogP contribution in [0.2, 0.25) is 0 Å². The number of nitrogens with two attached hydrogens (primary N) is 1. The molecule has 0 atom stereocenters. The van der Waals surface area contributed by atoms with Crippen molar-refractivity contribution >= 4 is 32.7 Å². The van der Waals surface area contributed by atoms with Crippen LogP contribution in [0.15, 0.2) is 45.5 Å². The van der Waals surface area contributed by atoms with Crippen molar-refractivity contribution in [3.05, 3.63) is 41.1 Å². The number of fused-ring (bicyclic) bond motifs is 1. The fraction of sp³-hybridized carbons (Fsp3) is 0. The van der Waals surface area contributed by atoms with E-state index in [1.165, 1.54) is 0 Å². The molecule has 5 heteroatoms. The Morgan fingerprint density at radius 3 is 2.88 bits per heavy atom. The van der Waals surface area contributed by atoms with Crippen molar-refractivity contribution in [3.63, 3.8) is 0 Å². The first-order valence-corrected chi connectivity index (χ1v) is 5.79. The van der Waals surface area contributed by atoms with Gasteiger partial charge in [-0.25, -0.2) is 4.98 Å².